The molecule has 11 heteroatoms. The van der Waals surface area contributed by atoms with Crippen molar-refractivity contribution < 1.29 is 28.7 Å². The molecule has 0 saturated heterocycles. The monoisotopic (exact) mass is 541 g/mol. The minimum atomic E-state index is -1.18. The maximum Gasteiger partial charge on any atom is 0.273 e. The molecule has 1 aromatic heterocycles. The molecule has 2 aromatic rings. The Balaban J connectivity index is 1.90. The van der Waals surface area contributed by atoms with Crippen LogP contribution < -0.4 is 21.3 Å². The highest BCUT2D eigenvalue weighted by Gasteiger charge is 2.30. The molecule has 39 heavy (non-hydrogen) atoms. The van der Waals surface area contributed by atoms with Crippen molar-refractivity contribution in [3.8, 4) is 0 Å². The van der Waals surface area contributed by atoms with Gasteiger partial charge >= 0.3 is 0 Å². The molecule has 0 saturated carbocycles. The molecule has 2 heterocycles. The van der Waals surface area contributed by atoms with Crippen molar-refractivity contribution in [3.63, 3.8) is 0 Å². The van der Waals surface area contributed by atoms with E-state index in [9.17, 15) is 24.3 Å². The van der Waals surface area contributed by atoms with E-state index in [4.69, 9.17) is 4.42 Å². The summed E-state index contributed by atoms with van der Waals surface area (Å²) >= 11 is 0. The number of rotatable bonds is 7. The summed E-state index contributed by atoms with van der Waals surface area (Å²) in [4.78, 5) is 55.9. The van der Waals surface area contributed by atoms with Crippen LogP contribution in [0.2, 0.25) is 0 Å². The third kappa shape index (κ3) is 9.20. The zero-order valence-corrected chi connectivity index (χ0v) is 22.7. The second-order valence-corrected chi connectivity index (χ2v) is 10.4. The van der Waals surface area contributed by atoms with Gasteiger partial charge in [-0.15, -0.1) is 0 Å². The summed E-state index contributed by atoms with van der Waals surface area (Å²) in [5, 5.41) is 21.1. The molecule has 0 unspecified atom stereocenters. The van der Waals surface area contributed by atoms with Crippen LogP contribution in [0.3, 0.4) is 0 Å². The lowest BCUT2D eigenvalue weighted by Crippen LogP contribution is -2.52. The van der Waals surface area contributed by atoms with E-state index in [0.717, 1.165) is 11.8 Å². The first-order valence-corrected chi connectivity index (χ1v) is 13.5. The molecule has 1 aromatic carbocycles. The summed E-state index contributed by atoms with van der Waals surface area (Å²) in [7, 11) is 0. The number of aliphatic hydroxyl groups is 1. The largest absolute Gasteiger partial charge is 0.446 e. The summed E-state index contributed by atoms with van der Waals surface area (Å²) in [6, 6.07) is 6.73. The number of amides is 4. The first-order valence-electron chi connectivity index (χ1n) is 13.5. The van der Waals surface area contributed by atoms with Crippen LogP contribution >= 0.6 is 0 Å². The van der Waals surface area contributed by atoms with Crippen LogP contribution in [0.15, 0.2) is 41.0 Å². The van der Waals surface area contributed by atoms with Crippen molar-refractivity contribution in [1.82, 2.24) is 26.3 Å². The fourth-order valence-corrected chi connectivity index (χ4v) is 4.24. The molecule has 0 aliphatic carbocycles. The van der Waals surface area contributed by atoms with Gasteiger partial charge in [0.1, 0.15) is 24.4 Å². The topological polar surface area (TPSA) is 163 Å². The van der Waals surface area contributed by atoms with E-state index < -0.39 is 36.0 Å². The van der Waals surface area contributed by atoms with Gasteiger partial charge in [-0.05, 0) is 44.1 Å². The third-order valence-electron chi connectivity index (χ3n) is 6.52. The van der Waals surface area contributed by atoms with Crippen LogP contribution in [0, 0.1) is 5.92 Å². The van der Waals surface area contributed by atoms with Gasteiger partial charge in [-0.25, -0.2) is 4.98 Å². The molecule has 5 N–H and O–H groups in total. The van der Waals surface area contributed by atoms with E-state index in [0.29, 0.717) is 44.4 Å². The number of aliphatic hydroxyl groups excluding tert-OH is 1. The van der Waals surface area contributed by atoms with Gasteiger partial charge < -0.3 is 30.8 Å². The summed E-state index contributed by atoms with van der Waals surface area (Å²) < 4.78 is 5.61. The lowest BCUT2D eigenvalue weighted by Gasteiger charge is -2.23. The van der Waals surface area contributed by atoms with Crippen LogP contribution in [-0.4, -0.2) is 58.5 Å². The molecule has 1 aliphatic rings. The standard InChI is InChI=1S/C28H39N5O6/c1-17(2)12-13-23(35)30-20-11-7-8-14-29-27(38)24(18(3)34)33-26(37)22-16-39-28(32-22)21(31-25(20)36)15-19-9-5-4-6-10-19/h4-6,9-10,16-18,20-21,24,34H,7-8,11-15H2,1-3H3,(H,29,38)(H,30,35)(H,31,36)(H,33,37)/t18-,20+,21+,24+/m1/s1. The van der Waals surface area contributed by atoms with E-state index in [1.807, 2.05) is 44.2 Å². The van der Waals surface area contributed by atoms with Gasteiger partial charge in [0.2, 0.25) is 23.6 Å². The number of hydrogen-bond donors (Lipinski definition) is 5. The van der Waals surface area contributed by atoms with Crippen molar-refractivity contribution in [2.45, 2.75) is 83.5 Å². The molecule has 3 rings (SSSR count). The van der Waals surface area contributed by atoms with Crippen molar-refractivity contribution >= 4 is 23.6 Å². The zero-order chi connectivity index (χ0) is 28.4. The smallest absolute Gasteiger partial charge is 0.273 e. The minimum Gasteiger partial charge on any atom is -0.446 e. The number of oxazole rings is 1. The van der Waals surface area contributed by atoms with Crippen molar-refractivity contribution in [1.29, 1.82) is 0 Å². The van der Waals surface area contributed by atoms with Crippen LogP contribution in [-0.2, 0) is 20.8 Å². The van der Waals surface area contributed by atoms with Gasteiger partial charge in [0.25, 0.3) is 5.91 Å². The van der Waals surface area contributed by atoms with Gasteiger partial charge in [0, 0.05) is 19.4 Å². The molecule has 212 valence electrons. The Morgan fingerprint density at radius 2 is 1.85 bits per heavy atom. The van der Waals surface area contributed by atoms with Crippen LogP contribution in [0.5, 0.6) is 0 Å². The van der Waals surface area contributed by atoms with Gasteiger partial charge in [-0.3, -0.25) is 19.2 Å². The van der Waals surface area contributed by atoms with E-state index in [1.54, 1.807) is 0 Å². The SMILES string of the molecule is CC(C)CCC(=O)N[C@H]1CCCCNC(=O)[C@H]([C@@H](C)O)NC(=O)c2coc(n2)[C@H](Cc2ccccc2)NC1=O. The van der Waals surface area contributed by atoms with Crippen LogP contribution in [0.4, 0.5) is 0 Å². The Morgan fingerprint density at radius 1 is 1.10 bits per heavy atom. The number of hydrogen-bond acceptors (Lipinski definition) is 7. The van der Waals surface area contributed by atoms with Gasteiger partial charge in [0.05, 0.1) is 6.10 Å². The van der Waals surface area contributed by atoms with E-state index in [-0.39, 0.29) is 29.9 Å². The minimum absolute atomic E-state index is 0.0959. The van der Waals surface area contributed by atoms with Crippen LogP contribution in [0.25, 0.3) is 0 Å². The average molecular weight is 542 g/mol. The fraction of sp³-hybridized carbons (Fsp3) is 0.536. The van der Waals surface area contributed by atoms with E-state index in [2.05, 4.69) is 26.3 Å². The number of fused-ring (bicyclic) bond motifs is 2. The molecule has 11 nitrogen and oxygen atoms in total. The summed E-state index contributed by atoms with van der Waals surface area (Å²) in [5.41, 5.74) is 0.811. The summed E-state index contributed by atoms with van der Waals surface area (Å²) in [5.74, 6) is -1.37. The highest BCUT2D eigenvalue weighted by molar-refractivity contribution is 5.96. The fourth-order valence-electron chi connectivity index (χ4n) is 4.24. The Hall–Kier alpha value is -3.73. The number of benzene rings is 1. The first-order chi connectivity index (χ1) is 18.6. The van der Waals surface area contributed by atoms with Crippen molar-refractivity contribution in [2.75, 3.05) is 6.54 Å². The van der Waals surface area contributed by atoms with E-state index >= 15 is 0 Å². The van der Waals surface area contributed by atoms with Gasteiger partial charge in [0.15, 0.2) is 5.69 Å². The molecule has 4 amide bonds. The van der Waals surface area contributed by atoms with E-state index in [1.165, 1.54) is 6.92 Å². The zero-order valence-electron chi connectivity index (χ0n) is 22.7. The van der Waals surface area contributed by atoms with Crippen LogP contribution in [0.1, 0.15) is 80.9 Å². The molecule has 0 fully saturated rings. The second-order valence-electron chi connectivity index (χ2n) is 10.4. The Labute approximate surface area is 228 Å². The normalized spacial score (nSPS) is 22.0. The number of carbonyl (C=O) groups is 4. The highest BCUT2D eigenvalue weighted by atomic mass is 16.3. The summed E-state index contributed by atoms with van der Waals surface area (Å²) in [6.45, 7) is 5.75. The van der Waals surface area contributed by atoms with Crippen molar-refractivity contribution in [3.05, 3.63) is 53.7 Å². The molecule has 4 atom stereocenters. The average Bonchev–Trinajstić information content (AvgIpc) is 3.39. The number of aromatic nitrogens is 1. The first kappa shape index (κ1) is 29.8. The molecular weight excluding hydrogens is 502 g/mol. The highest BCUT2D eigenvalue weighted by Crippen LogP contribution is 2.20. The van der Waals surface area contributed by atoms with Gasteiger partial charge in [-0.1, -0.05) is 44.2 Å². The second kappa shape index (κ2) is 14.4. The predicted molar refractivity (Wildman–Crippen MR) is 143 cm³/mol. The third-order valence-corrected chi connectivity index (χ3v) is 6.52. The number of nitrogens with one attached hydrogen (secondary N) is 4. The summed E-state index contributed by atoms with van der Waals surface area (Å²) in [6.07, 6.45) is 2.79. The molecule has 0 spiro atoms. The Bertz CT molecular complexity index is 1120. The van der Waals surface area contributed by atoms with Crippen molar-refractivity contribution in [2.24, 2.45) is 5.92 Å². The Morgan fingerprint density at radius 3 is 2.54 bits per heavy atom. The molecule has 2 bridgehead atoms. The number of carbonyl (C=O) groups excluding carboxylic acids is 4. The molecule has 0 radical (unpaired) electrons. The predicted octanol–water partition coefficient (Wildman–Crippen LogP) is 1.77. The molecular formula is C28H39N5O6. The van der Waals surface area contributed by atoms with Gasteiger partial charge in [-0.2, -0.15) is 0 Å². The number of nitrogens with zero attached hydrogens (tertiary/aromatic N) is 1. The Kier molecular flexibility index (Phi) is 11.0. The lowest BCUT2D eigenvalue weighted by molar-refractivity contribution is -0.129. The quantitative estimate of drug-likeness (QED) is 0.357. The molecule has 1 aliphatic heterocycles. The lowest BCUT2D eigenvalue weighted by atomic mass is 10.0. The maximum absolute atomic E-state index is 13.5. The maximum atomic E-state index is 13.5.